The van der Waals surface area contributed by atoms with Gasteiger partial charge < -0.3 is 5.32 Å². The molecule has 1 aliphatic heterocycles. The van der Waals surface area contributed by atoms with Gasteiger partial charge in [0.05, 0.1) is 10.5 Å². The third kappa shape index (κ3) is 4.31. The first-order valence-corrected chi connectivity index (χ1v) is 9.18. The van der Waals surface area contributed by atoms with Gasteiger partial charge in [-0.05, 0) is 52.9 Å². The lowest BCUT2D eigenvalue weighted by Crippen LogP contribution is -2.33. The average molecular weight is 346 g/mol. The van der Waals surface area contributed by atoms with Crippen molar-refractivity contribution < 1.29 is 4.39 Å². The molecule has 1 fully saturated rings. The number of nitrogens with zero attached hydrogens (tertiary/aromatic N) is 1. The van der Waals surface area contributed by atoms with Gasteiger partial charge in [-0.25, -0.2) is 9.11 Å². The molecule has 6 heteroatoms. The van der Waals surface area contributed by atoms with E-state index in [0.717, 1.165) is 28.9 Å². The Morgan fingerprint density at radius 1 is 1.50 bits per heavy atom. The van der Waals surface area contributed by atoms with E-state index in [9.17, 15) is 4.39 Å². The molecule has 0 aliphatic carbocycles. The maximum Gasteiger partial charge on any atom is 0.140 e. The summed E-state index contributed by atoms with van der Waals surface area (Å²) in [7, 11) is 0.998. The lowest BCUT2D eigenvalue weighted by Gasteiger charge is -2.19. The lowest BCUT2D eigenvalue weighted by molar-refractivity contribution is 0.443. The fraction of sp³-hybridized carbons (Fsp3) is 0.389. The van der Waals surface area contributed by atoms with Gasteiger partial charge in [0.15, 0.2) is 0 Å². The normalized spacial score (nSPS) is 24.8. The second-order valence-corrected chi connectivity index (χ2v) is 7.42. The van der Waals surface area contributed by atoms with Crippen molar-refractivity contribution in [2.24, 2.45) is 5.92 Å². The molecule has 128 valence electrons. The Bertz CT molecular complexity index is 731. The number of nitriles is 1. The number of allylic oxidation sites excluding steroid dienone is 1. The summed E-state index contributed by atoms with van der Waals surface area (Å²) in [6.07, 6.45) is 5.60. The summed E-state index contributed by atoms with van der Waals surface area (Å²) in [4.78, 5) is 0.906. The van der Waals surface area contributed by atoms with Gasteiger partial charge >= 0.3 is 0 Å². The molecule has 3 N–H and O–H groups in total. The zero-order valence-corrected chi connectivity index (χ0v) is 15.0. The van der Waals surface area contributed by atoms with Crippen molar-refractivity contribution in [2.45, 2.75) is 32.7 Å². The SMILES string of the molecule is CN/C=C1\C(=C\c2ccc(F)c(C#N)c2)CCC(C(C)C)NS1=N. The molecule has 0 bridgehead atoms. The second-order valence-electron chi connectivity index (χ2n) is 6.13. The fourth-order valence-corrected chi connectivity index (χ4v) is 4.13. The molecule has 1 aliphatic rings. The first kappa shape index (κ1) is 18.4. The van der Waals surface area contributed by atoms with Crippen molar-refractivity contribution in [1.82, 2.24) is 10.0 Å². The van der Waals surface area contributed by atoms with Crippen LogP contribution in [0.5, 0.6) is 0 Å². The third-order valence-corrected chi connectivity index (χ3v) is 5.42. The molecule has 24 heavy (non-hydrogen) atoms. The summed E-state index contributed by atoms with van der Waals surface area (Å²) in [5, 5.41) is 12.0. The van der Waals surface area contributed by atoms with Gasteiger partial charge in [-0.2, -0.15) is 5.26 Å². The fourth-order valence-electron chi connectivity index (χ4n) is 2.65. The molecular weight excluding hydrogens is 323 g/mol. The quantitative estimate of drug-likeness (QED) is 0.778. The molecule has 0 amide bonds. The van der Waals surface area contributed by atoms with Crippen LogP contribution in [-0.2, 0) is 10.9 Å². The second kappa shape index (κ2) is 8.22. The van der Waals surface area contributed by atoms with E-state index in [1.165, 1.54) is 6.07 Å². The van der Waals surface area contributed by atoms with Gasteiger partial charge in [0.1, 0.15) is 11.9 Å². The van der Waals surface area contributed by atoms with E-state index in [2.05, 4.69) is 23.9 Å². The molecule has 1 heterocycles. The molecule has 4 nitrogen and oxygen atoms in total. The number of benzene rings is 1. The highest BCUT2D eigenvalue weighted by molar-refractivity contribution is 7.88. The van der Waals surface area contributed by atoms with Crippen LogP contribution in [0.2, 0.25) is 0 Å². The van der Waals surface area contributed by atoms with E-state index in [4.69, 9.17) is 10.0 Å². The van der Waals surface area contributed by atoms with E-state index in [1.54, 1.807) is 12.1 Å². The number of hydrogen-bond donors (Lipinski definition) is 3. The monoisotopic (exact) mass is 346 g/mol. The molecule has 0 radical (unpaired) electrons. The predicted octanol–water partition coefficient (Wildman–Crippen LogP) is 3.85. The Kier molecular flexibility index (Phi) is 6.29. The maximum absolute atomic E-state index is 13.5. The van der Waals surface area contributed by atoms with Crippen LogP contribution < -0.4 is 10.0 Å². The molecule has 1 saturated heterocycles. The Morgan fingerprint density at radius 2 is 2.25 bits per heavy atom. The Morgan fingerprint density at radius 3 is 2.88 bits per heavy atom. The van der Waals surface area contributed by atoms with Gasteiger partial charge in [0.25, 0.3) is 0 Å². The molecule has 0 spiro atoms. The highest BCUT2D eigenvalue weighted by atomic mass is 32.2. The minimum Gasteiger partial charge on any atom is -0.393 e. The number of rotatable bonds is 3. The summed E-state index contributed by atoms with van der Waals surface area (Å²) in [6, 6.07) is 6.71. The van der Waals surface area contributed by atoms with Crippen LogP contribution in [-0.4, -0.2) is 13.1 Å². The summed E-state index contributed by atoms with van der Waals surface area (Å²) in [6.45, 7) is 4.31. The van der Waals surface area contributed by atoms with Crippen LogP contribution >= 0.6 is 0 Å². The number of hydrogen-bond acceptors (Lipinski definition) is 3. The zero-order chi connectivity index (χ0) is 17.7. The Hall–Kier alpha value is -1.97. The first-order valence-electron chi connectivity index (χ1n) is 7.96. The van der Waals surface area contributed by atoms with E-state index in [0.29, 0.717) is 12.0 Å². The number of nitrogens with one attached hydrogen (secondary N) is 3. The molecule has 2 rings (SSSR count). The lowest BCUT2D eigenvalue weighted by atomic mass is 9.96. The minimum absolute atomic E-state index is 0.0418. The molecule has 2 unspecified atom stereocenters. The van der Waals surface area contributed by atoms with Gasteiger partial charge in [-0.3, -0.25) is 4.78 Å². The third-order valence-electron chi connectivity index (χ3n) is 4.06. The molecule has 0 saturated carbocycles. The smallest absolute Gasteiger partial charge is 0.140 e. The van der Waals surface area contributed by atoms with E-state index in [-0.39, 0.29) is 5.56 Å². The van der Waals surface area contributed by atoms with Crippen LogP contribution in [0.25, 0.3) is 6.08 Å². The molecule has 0 aromatic heterocycles. The van der Waals surface area contributed by atoms with Gasteiger partial charge in [0, 0.05) is 19.3 Å². The van der Waals surface area contributed by atoms with E-state index >= 15 is 0 Å². The van der Waals surface area contributed by atoms with Crippen LogP contribution in [0.4, 0.5) is 4.39 Å². The van der Waals surface area contributed by atoms with Crippen LogP contribution in [0.15, 0.2) is 34.9 Å². The molecule has 2 atom stereocenters. The largest absolute Gasteiger partial charge is 0.393 e. The van der Waals surface area contributed by atoms with Crippen molar-refractivity contribution in [1.29, 1.82) is 10.0 Å². The summed E-state index contributed by atoms with van der Waals surface area (Å²) in [5.74, 6) is -0.0511. The van der Waals surface area contributed by atoms with Crippen LogP contribution in [0, 0.1) is 27.8 Å². The van der Waals surface area contributed by atoms with Crippen molar-refractivity contribution >= 4 is 17.0 Å². The molecule has 1 aromatic rings. The average Bonchev–Trinajstić information content (AvgIpc) is 2.70. The standard InChI is InChI=1S/C18H23FN4S/c1-12(2)17-7-5-14(18(11-22-3)24(21)23-17)8-13-4-6-16(19)15(9-13)10-20/h4,6,8-9,11-12,17,22H,5,7H2,1-3H3,(H2,21,23)/b14-8+,18-11+. The Balaban J connectivity index is 2.43. The molecular formula is C18H23FN4S. The van der Waals surface area contributed by atoms with Crippen LogP contribution in [0.3, 0.4) is 0 Å². The van der Waals surface area contributed by atoms with Crippen molar-refractivity contribution in [3.63, 3.8) is 0 Å². The predicted molar refractivity (Wildman–Crippen MR) is 97.3 cm³/mol. The van der Waals surface area contributed by atoms with Crippen LogP contribution in [0.1, 0.15) is 37.8 Å². The van der Waals surface area contributed by atoms with Gasteiger partial charge in [-0.15, -0.1) is 0 Å². The van der Waals surface area contributed by atoms with Crippen molar-refractivity contribution in [2.75, 3.05) is 7.05 Å². The highest BCUT2D eigenvalue weighted by Crippen LogP contribution is 2.28. The minimum atomic E-state index is -0.820. The van der Waals surface area contributed by atoms with Gasteiger partial charge in [0.2, 0.25) is 0 Å². The van der Waals surface area contributed by atoms with Crippen molar-refractivity contribution in [3.05, 3.63) is 51.8 Å². The maximum atomic E-state index is 13.5. The topological polar surface area (TPSA) is 71.7 Å². The van der Waals surface area contributed by atoms with E-state index < -0.39 is 16.7 Å². The summed E-state index contributed by atoms with van der Waals surface area (Å²) >= 11 is 0. The summed E-state index contributed by atoms with van der Waals surface area (Å²) in [5.41, 5.74) is 1.87. The highest BCUT2D eigenvalue weighted by Gasteiger charge is 2.23. The van der Waals surface area contributed by atoms with Gasteiger partial charge in [-0.1, -0.05) is 26.0 Å². The van der Waals surface area contributed by atoms with E-state index in [1.807, 2.05) is 25.4 Å². The number of halogens is 1. The Labute approximate surface area is 145 Å². The first-order chi connectivity index (χ1) is 11.5. The summed E-state index contributed by atoms with van der Waals surface area (Å²) < 4.78 is 25.4. The van der Waals surface area contributed by atoms with Crippen molar-refractivity contribution in [3.8, 4) is 6.07 Å². The molecule has 1 aromatic carbocycles. The zero-order valence-electron chi connectivity index (χ0n) is 14.2.